The Balaban J connectivity index is 2.13. The summed E-state index contributed by atoms with van der Waals surface area (Å²) in [6.07, 6.45) is 0. The maximum absolute atomic E-state index is 9.83. The second-order valence-corrected chi connectivity index (χ2v) is 5.94. The highest BCUT2D eigenvalue weighted by Crippen LogP contribution is 2.25. The van der Waals surface area contributed by atoms with Gasteiger partial charge in [0.25, 0.3) is 0 Å². The molecule has 0 atom stereocenters. The second kappa shape index (κ2) is 6.18. The van der Waals surface area contributed by atoms with Crippen LogP contribution in [0.15, 0.2) is 40.9 Å². The van der Waals surface area contributed by atoms with Gasteiger partial charge in [0.15, 0.2) is 0 Å². The van der Waals surface area contributed by atoms with E-state index >= 15 is 0 Å². The van der Waals surface area contributed by atoms with Crippen LogP contribution in [0.25, 0.3) is 0 Å². The van der Waals surface area contributed by atoms with Crippen LogP contribution < -0.4 is 10.2 Å². The number of anilines is 2. The minimum Gasteiger partial charge on any atom is -0.508 e. The van der Waals surface area contributed by atoms with Crippen LogP contribution >= 0.6 is 15.9 Å². The van der Waals surface area contributed by atoms with Crippen molar-refractivity contribution < 1.29 is 5.11 Å². The van der Waals surface area contributed by atoms with E-state index in [4.69, 9.17) is 0 Å². The number of hydrogen-bond donors (Lipinski definition) is 2. The van der Waals surface area contributed by atoms with Crippen molar-refractivity contribution in [2.45, 2.75) is 13.5 Å². The molecule has 0 saturated heterocycles. The fourth-order valence-corrected chi connectivity index (χ4v) is 2.42. The lowest BCUT2D eigenvalue weighted by molar-refractivity contribution is 0.469. The van der Waals surface area contributed by atoms with Crippen molar-refractivity contribution in [2.24, 2.45) is 0 Å². The Morgan fingerprint density at radius 3 is 2.55 bits per heavy atom. The molecular weight excluding hydrogens is 316 g/mol. The highest BCUT2D eigenvalue weighted by Gasteiger charge is 2.04. The molecule has 3 nitrogen and oxygen atoms in total. The van der Waals surface area contributed by atoms with E-state index in [0.717, 1.165) is 15.7 Å². The predicted molar refractivity (Wildman–Crippen MR) is 88.6 cm³/mol. The van der Waals surface area contributed by atoms with Gasteiger partial charge in [-0.3, -0.25) is 0 Å². The monoisotopic (exact) mass is 334 g/mol. The number of rotatable bonds is 4. The summed E-state index contributed by atoms with van der Waals surface area (Å²) in [7, 11) is 4.06. The van der Waals surface area contributed by atoms with E-state index in [9.17, 15) is 5.11 Å². The van der Waals surface area contributed by atoms with Crippen LogP contribution in [0.1, 0.15) is 11.1 Å². The first-order valence-corrected chi connectivity index (χ1v) is 7.26. The highest BCUT2D eigenvalue weighted by molar-refractivity contribution is 9.10. The lowest BCUT2D eigenvalue weighted by atomic mass is 10.1. The summed E-state index contributed by atoms with van der Waals surface area (Å²) in [6, 6.07) is 11.7. The van der Waals surface area contributed by atoms with Gasteiger partial charge >= 0.3 is 0 Å². The molecule has 0 aliphatic heterocycles. The summed E-state index contributed by atoms with van der Waals surface area (Å²) < 4.78 is 0.965. The molecule has 4 heteroatoms. The van der Waals surface area contributed by atoms with Gasteiger partial charge in [0, 0.05) is 42.1 Å². The molecule has 2 N–H and O–H groups in total. The minimum atomic E-state index is 0.309. The lowest BCUT2D eigenvalue weighted by Crippen LogP contribution is -2.09. The molecule has 0 amide bonds. The fraction of sp³-hybridized carbons (Fsp3) is 0.250. The first kappa shape index (κ1) is 14.7. The average molecular weight is 335 g/mol. The molecule has 0 aliphatic carbocycles. The van der Waals surface area contributed by atoms with E-state index in [1.807, 2.05) is 26.2 Å². The van der Waals surface area contributed by atoms with Gasteiger partial charge in [-0.05, 0) is 48.9 Å². The molecule has 0 aromatic heterocycles. The highest BCUT2D eigenvalue weighted by atomic mass is 79.9. The van der Waals surface area contributed by atoms with Crippen molar-refractivity contribution in [3.8, 4) is 5.75 Å². The zero-order valence-corrected chi connectivity index (χ0v) is 13.5. The largest absolute Gasteiger partial charge is 0.508 e. The summed E-state index contributed by atoms with van der Waals surface area (Å²) in [5.41, 5.74) is 4.31. The Morgan fingerprint density at radius 2 is 1.90 bits per heavy atom. The summed E-state index contributed by atoms with van der Waals surface area (Å²) in [4.78, 5) is 2.08. The lowest BCUT2D eigenvalue weighted by Gasteiger charge is -2.16. The second-order valence-electron chi connectivity index (χ2n) is 5.02. The third kappa shape index (κ3) is 3.45. The Morgan fingerprint density at radius 1 is 1.15 bits per heavy atom. The average Bonchev–Trinajstić information content (AvgIpc) is 2.40. The molecular formula is C16H19BrN2O. The molecule has 0 aliphatic rings. The number of phenols is 1. The van der Waals surface area contributed by atoms with Crippen LogP contribution in [-0.4, -0.2) is 19.2 Å². The summed E-state index contributed by atoms with van der Waals surface area (Å²) >= 11 is 3.42. The van der Waals surface area contributed by atoms with Crippen LogP contribution in [0.4, 0.5) is 11.4 Å². The summed E-state index contributed by atoms with van der Waals surface area (Å²) in [6.45, 7) is 2.67. The molecule has 20 heavy (non-hydrogen) atoms. The van der Waals surface area contributed by atoms with Gasteiger partial charge in [-0.15, -0.1) is 0 Å². The van der Waals surface area contributed by atoms with Crippen molar-refractivity contribution in [3.05, 3.63) is 52.0 Å². The number of nitrogens with one attached hydrogen (secondary N) is 1. The van der Waals surface area contributed by atoms with Crippen molar-refractivity contribution in [2.75, 3.05) is 24.3 Å². The maximum atomic E-state index is 9.83. The quantitative estimate of drug-likeness (QED) is 0.881. The smallest absolute Gasteiger partial charge is 0.120 e. The van der Waals surface area contributed by atoms with Gasteiger partial charge in [-0.2, -0.15) is 0 Å². The zero-order chi connectivity index (χ0) is 14.7. The van der Waals surface area contributed by atoms with E-state index in [0.29, 0.717) is 12.3 Å². The van der Waals surface area contributed by atoms with E-state index < -0.39 is 0 Å². The Kier molecular flexibility index (Phi) is 4.55. The van der Waals surface area contributed by atoms with Crippen LogP contribution in [0, 0.1) is 6.92 Å². The number of aromatic hydroxyl groups is 1. The van der Waals surface area contributed by atoms with E-state index in [1.54, 1.807) is 6.07 Å². The molecule has 2 aromatic rings. The minimum absolute atomic E-state index is 0.309. The molecule has 0 unspecified atom stereocenters. The third-order valence-electron chi connectivity index (χ3n) is 3.24. The number of phenolic OH excluding ortho intramolecular Hbond substituents is 1. The third-order valence-corrected chi connectivity index (χ3v) is 3.73. The van der Waals surface area contributed by atoms with Gasteiger partial charge in [-0.1, -0.05) is 15.9 Å². The molecule has 0 fully saturated rings. The van der Waals surface area contributed by atoms with Crippen molar-refractivity contribution in [1.82, 2.24) is 0 Å². The van der Waals surface area contributed by atoms with Gasteiger partial charge < -0.3 is 15.3 Å². The normalized spacial score (nSPS) is 10.4. The molecule has 0 radical (unpaired) electrons. The zero-order valence-electron chi connectivity index (χ0n) is 11.9. The standard InChI is InChI=1S/C16H19BrN2O/c1-11-8-14(19(2)3)5-6-15(11)18-10-12-9-13(17)4-7-16(12)20/h4-9,18,20H,10H2,1-3H3. The number of halogens is 1. The molecule has 0 bridgehead atoms. The van der Waals surface area contributed by atoms with Crippen LogP contribution in [-0.2, 0) is 6.54 Å². The first-order valence-electron chi connectivity index (χ1n) is 6.46. The Bertz CT molecular complexity index is 611. The molecule has 2 rings (SSSR count). The summed E-state index contributed by atoms with van der Waals surface area (Å²) in [5.74, 6) is 0.309. The van der Waals surface area contributed by atoms with Crippen LogP contribution in [0.2, 0.25) is 0 Å². The van der Waals surface area contributed by atoms with Gasteiger partial charge in [0.2, 0.25) is 0 Å². The SMILES string of the molecule is Cc1cc(N(C)C)ccc1NCc1cc(Br)ccc1O. The topological polar surface area (TPSA) is 35.5 Å². The van der Waals surface area contributed by atoms with E-state index in [1.165, 1.54) is 11.3 Å². The van der Waals surface area contributed by atoms with Crippen molar-refractivity contribution in [1.29, 1.82) is 0 Å². The molecule has 2 aromatic carbocycles. The Labute approximate surface area is 128 Å². The number of nitrogens with zero attached hydrogens (tertiary/aromatic N) is 1. The van der Waals surface area contributed by atoms with Gasteiger partial charge in [0.1, 0.15) is 5.75 Å². The maximum Gasteiger partial charge on any atom is 0.120 e. The van der Waals surface area contributed by atoms with Crippen LogP contribution in [0.5, 0.6) is 5.75 Å². The molecule has 0 saturated carbocycles. The van der Waals surface area contributed by atoms with Gasteiger partial charge in [-0.25, -0.2) is 0 Å². The molecule has 0 spiro atoms. The number of benzene rings is 2. The Hall–Kier alpha value is -1.68. The van der Waals surface area contributed by atoms with Crippen molar-refractivity contribution >= 4 is 27.3 Å². The van der Waals surface area contributed by atoms with Crippen molar-refractivity contribution in [3.63, 3.8) is 0 Å². The molecule has 0 heterocycles. The fourth-order valence-electron chi connectivity index (χ4n) is 2.01. The van der Waals surface area contributed by atoms with Gasteiger partial charge in [0.05, 0.1) is 0 Å². The number of hydrogen-bond acceptors (Lipinski definition) is 3. The first-order chi connectivity index (χ1) is 9.47. The number of aryl methyl sites for hydroxylation is 1. The van der Waals surface area contributed by atoms with E-state index in [-0.39, 0.29) is 0 Å². The van der Waals surface area contributed by atoms with Crippen LogP contribution in [0.3, 0.4) is 0 Å². The summed E-state index contributed by atoms with van der Waals surface area (Å²) in [5, 5.41) is 13.2. The predicted octanol–water partition coefficient (Wildman–Crippen LogP) is 4.14. The molecule has 106 valence electrons. The van der Waals surface area contributed by atoms with E-state index in [2.05, 4.69) is 51.3 Å².